The molecule has 1 aromatic heterocycles. The molecule has 0 bridgehead atoms. The van der Waals surface area contributed by atoms with Crippen LogP contribution in [-0.2, 0) is 29.2 Å². The molecule has 9 heteroatoms. The van der Waals surface area contributed by atoms with Crippen molar-refractivity contribution in [2.24, 2.45) is 5.92 Å². The number of aromatic nitrogens is 1. The summed E-state index contributed by atoms with van der Waals surface area (Å²) in [4.78, 5) is 32.3. The smallest absolute Gasteiger partial charge is 0.321 e. The second kappa shape index (κ2) is 9.92. The number of oxazole rings is 1. The summed E-state index contributed by atoms with van der Waals surface area (Å²) in [6.45, 7) is 8.55. The lowest BCUT2D eigenvalue weighted by Crippen LogP contribution is -2.37. The zero-order valence-electron chi connectivity index (χ0n) is 19.0. The highest BCUT2D eigenvalue weighted by Crippen LogP contribution is 2.40. The normalized spacial score (nSPS) is 15.5. The molecule has 32 heavy (non-hydrogen) atoms. The number of ether oxygens (including phenoxy) is 3. The number of morpholine rings is 1. The van der Waals surface area contributed by atoms with Crippen molar-refractivity contribution in [3.05, 3.63) is 46.4 Å². The van der Waals surface area contributed by atoms with Gasteiger partial charge in [0.05, 0.1) is 33.4 Å². The third-order valence-electron chi connectivity index (χ3n) is 5.35. The van der Waals surface area contributed by atoms with E-state index < -0.39 is 23.8 Å². The molecule has 0 N–H and O–H groups in total. The molecule has 1 fully saturated rings. The van der Waals surface area contributed by atoms with E-state index >= 15 is 0 Å². The third kappa shape index (κ3) is 5.07. The summed E-state index contributed by atoms with van der Waals surface area (Å²) in [6.07, 6.45) is 0. The lowest BCUT2D eigenvalue weighted by atomic mass is 9.85. The molecule has 1 aromatic carbocycles. The van der Waals surface area contributed by atoms with Gasteiger partial charge in [0.2, 0.25) is 11.8 Å². The van der Waals surface area contributed by atoms with Crippen LogP contribution in [0.15, 0.2) is 28.7 Å². The molecule has 1 atom stereocenters. The summed E-state index contributed by atoms with van der Waals surface area (Å²) in [6, 6.07) is 6.90. The Morgan fingerprint density at radius 1 is 1.12 bits per heavy atom. The van der Waals surface area contributed by atoms with E-state index in [4.69, 9.17) is 35.2 Å². The Labute approximate surface area is 192 Å². The summed E-state index contributed by atoms with van der Waals surface area (Å²) >= 11 is 6.23. The van der Waals surface area contributed by atoms with E-state index in [1.54, 1.807) is 24.3 Å². The third-order valence-corrected chi connectivity index (χ3v) is 5.59. The Kier molecular flexibility index (Phi) is 7.46. The van der Waals surface area contributed by atoms with Crippen molar-refractivity contribution in [2.45, 2.75) is 32.1 Å². The predicted molar refractivity (Wildman–Crippen MR) is 119 cm³/mol. The quantitative estimate of drug-likeness (QED) is 0.473. The van der Waals surface area contributed by atoms with Crippen LogP contribution < -0.4 is 4.90 Å². The van der Waals surface area contributed by atoms with Gasteiger partial charge in [-0.05, 0) is 17.7 Å². The summed E-state index contributed by atoms with van der Waals surface area (Å²) in [5.74, 6) is -2.86. The molecule has 0 aliphatic carbocycles. The number of esters is 2. The number of rotatable bonds is 6. The summed E-state index contributed by atoms with van der Waals surface area (Å²) in [5.41, 5.74) is 0.976. The first-order valence-corrected chi connectivity index (χ1v) is 10.8. The first-order chi connectivity index (χ1) is 15.2. The molecule has 8 nitrogen and oxygen atoms in total. The van der Waals surface area contributed by atoms with Gasteiger partial charge in [-0.25, -0.2) is 4.98 Å². The van der Waals surface area contributed by atoms with E-state index in [1.807, 2.05) is 20.8 Å². The van der Waals surface area contributed by atoms with Gasteiger partial charge in [0, 0.05) is 23.5 Å². The molecule has 0 spiro atoms. The zero-order valence-corrected chi connectivity index (χ0v) is 19.8. The van der Waals surface area contributed by atoms with Crippen LogP contribution in [0.25, 0.3) is 0 Å². The van der Waals surface area contributed by atoms with Crippen molar-refractivity contribution in [3.63, 3.8) is 0 Å². The highest BCUT2D eigenvalue weighted by molar-refractivity contribution is 6.30. The van der Waals surface area contributed by atoms with Gasteiger partial charge in [0.15, 0.2) is 5.92 Å². The van der Waals surface area contributed by atoms with Crippen LogP contribution in [0.1, 0.15) is 43.8 Å². The van der Waals surface area contributed by atoms with Crippen LogP contribution in [0.3, 0.4) is 0 Å². The summed E-state index contributed by atoms with van der Waals surface area (Å²) < 4.78 is 21.7. The van der Waals surface area contributed by atoms with Crippen molar-refractivity contribution in [1.82, 2.24) is 4.98 Å². The molecule has 2 heterocycles. The highest BCUT2D eigenvalue weighted by atomic mass is 35.5. The van der Waals surface area contributed by atoms with E-state index in [1.165, 1.54) is 14.2 Å². The number of carbonyl (C=O) groups is 2. The lowest BCUT2D eigenvalue weighted by Gasteiger charge is -2.29. The Morgan fingerprint density at radius 2 is 1.75 bits per heavy atom. The maximum Gasteiger partial charge on any atom is 0.321 e. The Bertz CT molecular complexity index is 946. The van der Waals surface area contributed by atoms with Gasteiger partial charge in [-0.2, -0.15) is 0 Å². The van der Waals surface area contributed by atoms with Crippen LogP contribution in [0.5, 0.6) is 0 Å². The fourth-order valence-electron chi connectivity index (χ4n) is 3.73. The minimum atomic E-state index is -1.31. The molecule has 174 valence electrons. The minimum Gasteiger partial charge on any atom is -0.468 e. The topological polar surface area (TPSA) is 91.1 Å². The predicted octanol–water partition coefficient (Wildman–Crippen LogP) is 3.56. The van der Waals surface area contributed by atoms with Crippen LogP contribution >= 0.6 is 11.6 Å². The van der Waals surface area contributed by atoms with E-state index in [0.29, 0.717) is 42.8 Å². The molecule has 0 radical (unpaired) electrons. The second-order valence-electron chi connectivity index (χ2n) is 8.61. The van der Waals surface area contributed by atoms with E-state index in [2.05, 4.69) is 4.90 Å². The lowest BCUT2D eigenvalue weighted by molar-refractivity contribution is -0.159. The van der Waals surface area contributed by atoms with E-state index in [-0.39, 0.29) is 11.3 Å². The van der Waals surface area contributed by atoms with Crippen LogP contribution in [0, 0.1) is 5.92 Å². The maximum atomic E-state index is 12.7. The average molecular weight is 465 g/mol. The number of halogens is 1. The van der Waals surface area contributed by atoms with Crippen molar-refractivity contribution in [1.29, 1.82) is 0 Å². The number of hydrogen-bond donors (Lipinski definition) is 0. The van der Waals surface area contributed by atoms with Gasteiger partial charge in [-0.15, -0.1) is 0 Å². The van der Waals surface area contributed by atoms with Gasteiger partial charge in [-0.1, -0.05) is 44.5 Å². The SMILES string of the molecule is COC(=O)C(C(=O)OC)C(c1cccc(Cl)c1)c1nc(C(C)(C)C)c(N2CCOCC2)o1. The zero-order chi connectivity index (χ0) is 23.5. The van der Waals surface area contributed by atoms with Crippen molar-refractivity contribution in [2.75, 3.05) is 45.4 Å². The van der Waals surface area contributed by atoms with Crippen LogP contribution in [0.2, 0.25) is 5.02 Å². The first-order valence-electron chi connectivity index (χ1n) is 10.4. The second-order valence-corrected chi connectivity index (χ2v) is 9.05. The number of anilines is 1. The first kappa shape index (κ1) is 24.1. The van der Waals surface area contributed by atoms with Gasteiger partial charge in [-0.3, -0.25) is 9.59 Å². The molecule has 3 rings (SSSR count). The molecule has 2 aromatic rings. The van der Waals surface area contributed by atoms with Crippen molar-refractivity contribution < 1.29 is 28.2 Å². The molecule has 0 saturated carbocycles. The molecular formula is C23H29ClN2O6. The van der Waals surface area contributed by atoms with Crippen molar-refractivity contribution in [3.8, 4) is 0 Å². The van der Waals surface area contributed by atoms with Gasteiger partial charge >= 0.3 is 11.9 Å². The van der Waals surface area contributed by atoms with Crippen LogP contribution in [-0.4, -0.2) is 57.4 Å². The van der Waals surface area contributed by atoms with Crippen LogP contribution in [0.4, 0.5) is 5.88 Å². The van der Waals surface area contributed by atoms with Gasteiger partial charge in [0.1, 0.15) is 5.69 Å². The van der Waals surface area contributed by atoms with Gasteiger partial charge < -0.3 is 23.5 Å². The van der Waals surface area contributed by atoms with E-state index in [9.17, 15) is 9.59 Å². The molecule has 1 saturated heterocycles. The fourth-order valence-corrected chi connectivity index (χ4v) is 3.93. The monoisotopic (exact) mass is 464 g/mol. The average Bonchev–Trinajstić information content (AvgIpc) is 3.22. The minimum absolute atomic E-state index is 0.222. The molecular weight excluding hydrogens is 436 g/mol. The molecule has 1 unspecified atom stereocenters. The Balaban J connectivity index is 2.21. The van der Waals surface area contributed by atoms with Crippen molar-refractivity contribution >= 4 is 29.4 Å². The maximum absolute atomic E-state index is 12.7. The standard InChI is InChI=1S/C23H29ClN2O6/c1-23(2,3)18-20(26-9-11-31-12-10-26)32-19(25-18)16(14-7-6-8-15(24)13-14)17(21(27)29-4)22(28)30-5/h6-8,13,16-17H,9-12H2,1-5H3. The molecule has 1 aliphatic heterocycles. The Hall–Kier alpha value is -2.58. The summed E-state index contributed by atoms with van der Waals surface area (Å²) in [5, 5.41) is 0.456. The largest absolute Gasteiger partial charge is 0.468 e. The Morgan fingerprint density at radius 3 is 2.28 bits per heavy atom. The summed E-state index contributed by atoms with van der Waals surface area (Å²) in [7, 11) is 2.45. The number of carbonyl (C=O) groups excluding carboxylic acids is 2. The number of benzene rings is 1. The molecule has 1 aliphatic rings. The number of hydrogen-bond acceptors (Lipinski definition) is 8. The molecule has 0 amide bonds. The highest BCUT2D eigenvalue weighted by Gasteiger charge is 2.43. The van der Waals surface area contributed by atoms with Gasteiger partial charge in [0.25, 0.3) is 0 Å². The fraction of sp³-hybridized carbons (Fsp3) is 0.522. The number of nitrogens with zero attached hydrogens (tertiary/aromatic N) is 2. The number of methoxy groups -OCH3 is 2. The van der Waals surface area contributed by atoms with E-state index in [0.717, 1.165) is 5.69 Å².